The van der Waals surface area contributed by atoms with Crippen molar-refractivity contribution >= 4 is 22.7 Å². The Morgan fingerprint density at radius 2 is 1.77 bits per heavy atom. The fraction of sp³-hybridized carbons (Fsp3) is 0.391. The van der Waals surface area contributed by atoms with Gasteiger partial charge in [-0.25, -0.2) is 14.8 Å². The van der Waals surface area contributed by atoms with E-state index in [-0.39, 0.29) is 5.56 Å². The van der Waals surface area contributed by atoms with Gasteiger partial charge >= 0.3 is 5.97 Å². The van der Waals surface area contributed by atoms with Crippen LogP contribution in [0.2, 0.25) is 0 Å². The van der Waals surface area contributed by atoms with Gasteiger partial charge in [-0.05, 0) is 50.1 Å². The van der Waals surface area contributed by atoms with E-state index in [4.69, 9.17) is 4.74 Å². The summed E-state index contributed by atoms with van der Waals surface area (Å²) in [6.45, 7) is 10.1. The fourth-order valence-electron chi connectivity index (χ4n) is 4.09. The number of anilines is 1. The first kappa shape index (κ1) is 21.0. The van der Waals surface area contributed by atoms with Crippen molar-refractivity contribution < 1.29 is 9.53 Å². The van der Waals surface area contributed by atoms with Crippen molar-refractivity contribution in [1.82, 2.24) is 19.9 Å². The highest BCUT2D eigenvalue weighted by Crippen LogP contribution is 2.23. The molecule has 0 saturated carbocycles. The van der Waals surface area contributed by atoms with Crippen molar-refractivity contribution in [3.63, 3.8) is 0 Å². The molecule has 0 radical (unpaired) electrons. The average molecular weight is 422 g/mol. The number of piperazine rings is 1. The number of aromatic amines is 1. The Kier molecular flexibility index (Phi) is 5.73. The molecule has 0 spiro atoms. The maximum atomic E-state index is 12.0. The van der Waals surface area contributed by atoms with E-state index < -0.39 is 5.97 Å². The van der Waals surface area contributed by atoms with E-state index in [0.29, 0.717) is 11.4 Å². The number of nitrogens with one attached hydrogen (secondary N) is 1. The number of rotatable bonds is 4. The maximum absolute atomic E-state index is 12.0. The van der Waals surface area contributed by atoms with Gasteiger partial charge in [-0.2, -0.15) is 0 Å². The predicted octanol–water partition coefficient (Wildman–Crippen LogP) is 2.35. The first-order chi connectivity index (χ1) is 14.9. The normalized spacial score (nSPS) is 14.8. The largest absolute Gasteiger partial charge is 0.464 e. The molecule has 162 valence electrons. The topological polar surface area (TPSA) is 91.4 Å². The Hall–Kier alpha value is -3.26. The number of nitrogens with zero attached hydrogens (tertiary/aromatic N) is 4. The summed E-state index contributed by atoms with van der Waals surface area (Å²) >= 11 is 0. The molecule has 0 unspecified atom stereocenters. The first-order valence-electron chi connectivity index (χ1n) is 10.4. The van der Waals surface area contributed by atoms with Gasteiger partial charge in [0.05, 0.1) is 29.5 Å². The Bertz CT molecular complexity index is 1200. The molecule has 31 heavy (non-hydrogen) atoms. The summed E-state index contributed by atoms with van der Waals surface area (Å²) in [6.07, 6.45) is 0. The van der Waals surface area contributed by atoms with E-state index in [1.54, 1.807) is 13.0 Å². The SMILES string of the molecule is COC(=O)c1ccc(N2CCN(Cc3ccc4nc(C)c(=O)[nH]c4c3C)CC2)c(C)n1. The van der Waals surface area contributed by atoms with Crippen molar-refractivity contribution in [3.05, 3.63) is 62.8 Å². The van der Waals surface area contributed by atoms with E-state index >= 15 is 0 Å². The number of carbonyl (C=O) groups excluding carboxylic acids is 1. The molecule has 1 fully saturated rings. The van der Waals surface area contributed by atoms with E-state index in [2.05, 4.69) is 30.8 Å². The van der Waals surface area contributed by atoms with Crippen LogP contribution in [0.3, 0.4) is 0 Å². The predicted molar refractivity (Wildman–Crippen MR) is 120 cm³/mol. The Morgan fingerprint density at radius 3 is 2.45 bits per heavy atom. The van der Waals surface area contributed by atoms with Crippen LogP contribution in [0.15, 0.2) is 29.1 Å². The second kappa shape index (κ2) is 8.47. The molecule has 4 rings (SSSR count). The van der Waals surface area contributed by atoms with Crippen LogP contribution in [0.1, 0.15) is 33.0 Å². The summed E-state index contributed by atoms with van der Waals surface area (Å²) in [7, 11) is 1.36. The van der Waals surface area contributed by atoms with Crippen LogP contribution in [0.5, 0.6) is 0 Å². The van der Waals surface area contributed by atoms with Gasteiger partial charge < -0.3 is 14.6 Å². The molecule has 1 saturated heterocycles. The van der Waals surface area contributed by atoms with Gasteiger partial charge in [-0.15, -0.1) is 0 Å². The Morgan fingerprint density at radius 1 is 1.03 bits per heavy atom. The third-order valence-corrected chi connectivity index (χ3v) is 5.97. The van der Waals surface area contributed by atoms with Crippen molar-refractivity contribution in [3.8, 4) is 0 Å². The average Bonchev–Trinajstić information content (AvgIpc) is 2.77. The summed E-state index contributed by atoms with van der Waals surface area (Å²) in [5.74, 6) is -0.420. The number of hydrogen-bond acceptors (Lipinski definition) is 7. The number of esters is 1. The fourth-order valence-corrected chi connectivity index (χ4v) is 4.09. The first-order valence-corrected chi connectivity index (χ1v) is 10.4. The number of methoxy groups -OCH3 is 1. The maximum Gasteiger partial charge on any atom is 0.356 e. The van der Waals surface area contributed by atoms with Gasteiger partial charge in [-0.3, -0.25) is 9.69 Å². The number of aromatic nitrogens is 3. The number of aryl methyl sites for hydroxylation is 3. The molecule has 2 aromatic heterocycles. The molecule has 0 amide bonds. The van der Waals surface area contributed by atoms with Crippen molar-refractivity contribution in [2.45, 2.75) is 27.3 Å². The van der Waals surface area contributed by atoms with E-state index in [1.807, 2.05) is 26.0 Å². The van der Waals surface area contributed by atoms with Crippen LogP contribution in [-0.2, 0) is 11.3 Å². The highest BCUT2D eigenvalue weighted by molar-refractivity contribution is 5.87. The molecule has 1 aliphatic heterocycles. The number of H-pyrrole nitrogens is 1. The zero-order valence-electron chi connectivity index (χ0n) is 18.4. The molecule has 3 heterocycles. The minimum atomic E-state index is -0.420. The van der Waals surface area contributed by atoms with Crippen LogP contribution >= 0.6 is 0 Å². The van der Waals surface area contributed by atoms with Gasteiger partial charge in [0, 0.05) is 32.7 Å². The van der Waals surface area contributed by atoms with Gasteiger partial charge in [-0.1, -0.05) is 6.07 Å². The number of ether oxygens (including phenoxy) is 1. The molecule has 1 aliphatic rings. The summed E-state index contributed by atoms with van der Waals surface area (Å²) in [5.41, 5.74) is 6.47. The van der Waals surface area contributed by atoms with Gasteiger partial charge in [0.2, 0.25) is 0 Å². The molecule has 8 nitrogen and oxygen atoms in total. The molecular formula is C23H27N5O3. The van der Waals surface area contributed by atoms with Crippen LogP contribution in [0.25, 0.3) is 11.0 Å². The van der Waals surface area contributed by atoms with Crippen molar-refractivity contribution in [1.29, 1.82) is 0 Å². The van der Waals surface area contributed by atoms with Crippen LogP contribution in [-0.4, -0.2) is 59.1 Å². The lowest BCUT2D eigenvalue weighted by Crippen LogP contribution is -2.46. The lowest BCUT2D eigenvalue weighted by molar-refractivity contribution is 0.0594. The summed E-state index contributed by atoms with van der Waals surface area (Å²) in [4.78, 5) is 40.2. The zero-order valence-corrected chi connectivity index (χ0v) is 18.4. The van der Waals surface area contributed by atoms with E-state index in [1.165, 1.54) is 12.7 Å². The van der Waals surface area contributed by atoms with Gasteiger partial charge in [0.25, 0.3) is 5.56 Å². The smallest absolute Gasteiger partial charge is 0.356 e. The van der Waals surface area contributed by atoms with Gasteiger partial charge in [0.15, 0.2) is 0 Å². The van der Waals surface area contributed by atoms with Crippen LogP contribution in [0, 0.1) is 20.8 Å². The monoisotopic (exact) mass is 421 g/mol. The van der Waals surface area contributed by atoms with Gasteiger partial charge in [0.1, 0.15) is 11.4 Å². The number of carbonyl (C=O) groups is 1. The number of pyridine rings is 1. The molecule has 8 heteroatoms. The lowest BCUT2D eigenvalue weighted by atomic mass is 10.1. The molecule has 0 aliphatic carbocycles. The van der Waals surface area contributed by atoms with Crippen LogP contribution < -0.4 is 10.5 Å². The molecule has 1 N–H and O–H groups in total. The highest BCUT2D eigenvalue weighted by atomic mass is 16.5. The highest BCUT2D eigenvalue weighted by Gasteiger charge is 2.21. The number of benzene rings is 1. The Balaban J connectivity index is 1.45. The quantitative estimate of drug-likeness (QED) is 0.647. The molecule has 0 atom stereocenters. The third kappa shape index (κ3) is 4.16. The summed E-state index contributed by atoms with van der Waals surface area (Å²) in [6, 6.07) is 7.75. The number of hydrogen-bond donors (Lipinski definition) is 1. The Labute approximate surface area is 180 Å². The number of fused-ring (bicyclic) bond motifs is 1. The standard InChI is InChI=1S/C23H27N5O3/c1-14-17(5-6-18-21(14)26-22(29)16(3)25-18)13-27-9-11-28(12-10-27)20-8-7-19(23(30)31-4)24-15(20)2/h5-8H,9-13H2,1-4H3,(H,26,29). The van der Waals surface area contributed by atoms with E-state index in [9.17, 15) is 9.59 Å². The molecule has 0 bridgehead atoms. The lowest BCUT2D eigenvalue weighted by Gasteiger charge is -2.36. The summed E-state index contributed by atoms with van der Waals surface area (Å²) in [5, 5.41) is 0. The van der Waals surface area contributed by atoms with Crippen molar-refractivity contribution in [2.24, 2.45) is 0 Å². The minimum Gasteiger partial charge on any atom is -0.464 e. The van der Waals surface area contributed by atoms with Crippen molar-refractivity contribution in [2.75, 3.05) is 38.2 Å². The van der Waals surface area contributed by atoms with E-state index in [0.717, 1.165) is 60.7 Å². The third-order valence-electron chi connectivity index (χ3n) is 5.97. The molecule has 1 aromatic carbocycles. The minimum absolute atomic E-state index is 0.136. The second-order valence-corrected chi connectivity index (χ2v) is 7.95. The summed E-state index contributed by atoms with van der Waals surface area (Å²) < 4.78 is 4.75. The second-order valence-electron chi connectivity index (χ2n) is 7.95. The van der Waals surface area contributed by atoms with Crippen LogP contribution in [0.4, 0.5) is 5.69 Å². The zero-order chi connectivity index (χ0) is 22.1. The molecular weight excluding hydrogens is 394 g/mol. The molecule has 3 aromatic rings.